The maximum absolute atomic E-state index is 12.2. The van der Waals surface area contributed by atoms with Crippen molar-refractivity contribution in [3.8, 4) is 5.69 Å². The maximum Gasteiger partial charge on any atom is 0.324 e. The van der Waals surface area contributed by atoms with E-state index in [4.69, 9.17) is 11.6 Å². The summed E-state index contributed by atoms with van der Waals surface area (Å²) < 4.78 is 1.75. The van der Waals surface area contributed by atoms with Crippen LogP contribution in [0.4, 0.5) is 16.3 Å². The number of carbonyl (C=O) groups excluding carboxylic acids is 1. The molecule has 4 aromatic rings. The first-order valence-corrected chi connectivity index (χ1v) is 8.16. The molecule has 0 saturated heterocycles. The first kappa shape index (κ1) is 16.0. The summed E-state index contributed by atoms with van der Waals surface area (Å²) in [5.41, 5.74) is 2.44. The lowest BCUT2D eigenvalue weighted by Gasteiger charge is -2.08. The molecule has 4 rings (SSSR count). The molecular weight excluding hydrogens is 352 g/mol. The van der Waals surface area contributed by atoms with Crippen molar-refractivity contribution in [3.05, 3.63) is 72.3 Å². The lowest BCUT2D eigenvalue weighted by Crippen LogP contribution is -2.20. The number of para-hydroxylation sites is 2. The average Bonchev–Trinajstić information content (AvgIpc) is 3.08. The summed E-state index contributed by atoms with van der Waals surface area (Å²) in [6.45, 7) is 0. The third-order valence-electron chi connectivity index (χ3n) is 3.71. The predicted octanol–water partition coefficient (Wildman–Crippen LogP) is 4.11. The Morgan fingerprint density at radius 3 is 2.50 bits per heavy atom. The Kier molecular flexibility index (Phi) is 4.20. The fourth-order valence-corrected chi connectivity index (χ4v) is 2.77. The quantitative estimate of drug-likeness (QED) is 0.572. The topological polar surface area (TPSA) is 84.7 Å². The van der Waals surface area contributed by atoms with Gasteiger partial charge in [0.05, 0.1) is 10.7 Å². The number of hydrogen-bond donors (Lipinski definition) is 2. The highest BCUT2D eigenvalue weighted by Crippen LogP contribution is 2.25. The van der Waals surface area contributed by atoms with Crippen LogP contribution >= 0.6 is 11.6 Å². The molecule has 7 nitrogen and oxygen atoms in total. The van der Waals surface area contributed by atoms with Crippen molar-refractivity contribution in [3.63, 3.8) is 0 Å². The second-order valence-corrected chi connectivity index (χ2v) is 5.81. The second-order valence-electron chi connectivity index (χ2n) is 5.41. The average molecular weight is 365 g/mol. The van der Waals surface area contributed by atoms with Gasteiger partial charge < -0.3 is 5.32 Å². The SMILES string of the molecule is O=C(Nc1ccccc1)Nc1ncnc2c1ncn2-c1ccccc1Cl. The van der Waals surface area contributed by atoms with Crippen molar-refractivity contribution in [2.45, 2.75) is 0 Å². The fourth-order valence-electron chi connectivity index (χ4n) is 2.54. The highest BCUT2D eigenvalue weighted by molar-refractivity contribution is 6.32. The largest absolute Gasteiger partial charge is 0.324 e. The van der Waals surface area contributed by atoms with Crippen LogP contribution < -0.4 is 10.6 Å². The maximum atomic E-state index is 12.2. The van der Waals surface area contributed by atoms with Gasteiger partial charge >= 0.3 is 6.03 Å². The number of carbonyl (C=O) groups is 1. The van der Waals surface area contributed by atoms with Gasteiger partial charge in [-0.15, -0.1) is 0 Å². The molecule has 0 atom stereocenters. The zero-order chi connectivity index (χ0) is 17.9. The number of benzene rings is 2. The molecule has 0 saturated carbocycles. The number of nitrogens with zero attached hydrogens (tertiary/aromatic N) is 4. The van der Waals surface area contributed by atoms with Gasteiger partial charge in [-0.3, -0.25) is 9.88 Å². The minimum Gasteiger partial charge on any atom is -0.308 e. The number of fused-ring (bicyclic) bond motifs is 1. The lowest BCUT2D eigenvalue weighted by atomic mass is 10.3. The Labute approximate surface area is 153 Å². The second kappa shape index (κ2) is 6.81. The third-order valence-corrected chi connectivity index (χ3v) is 4.03. The van der Waals surface area contributed by atoms with Gasteiger partial charge in [-0.2, -0.15) is 0 Å². The molecule has 0 unspecified atom stereocenters. The number of aromatic nitrogens is 4. The van der Waals surface area contributed by atoms with E-state index in [0.29, 0.717) is 27.7 Å². The summed E-state index contributed by atoms with van der Waals surface area (Å²) in [5, 5.41) is 6.01. The van der Waals surface area contributed by atoms with Gasteiger partial charge in [-0.25, -0.2) is 19.7 Å². The Balaban J connectivity index is 1.65. The van der Waals surface area contributed by atoms with Crippen LogP contribution in [0.3, 0.4) is 0 Å². The number of imidazole rings is 1. The Morgan fingerprint density at radius 1 is 0.923 bits per heavy atom. The molecule has 2 heterocycles. The molecule has 0 aliphatic carbocycles. The standard InChI is InChI=1S/C18H13ClN6O/c19-13-8-4-5-9-14(13)25-11-22-15-16(20-10-21-17(15)25)24-18(26)23-12-6-2-1-3-7-12/h1-11H,(H2,20,21,23,24,26). The highest BCUT2D eigenvalue weighted by Gasteiger charge is 2.14. The normalized spacial score (nSPS) is 10.7. The number of hydrogen-bond acceptors (Lipinski definition) is 4. The van der Waals surface area contributed by atoms with E-state index >= 15 is 0 Å². The number of halogens is 1. The van der Waals surface area contributed by atoms with E-state index in [1.54, 1.807) is 29.1 Å². The third kappa shape index (κ3) is 3.07. The van der Waals surface area contributed by atoms with Gasteiger partial charge in [-0.1, -0.05) is 41.9 Å². The monoisotopic (exact) mass is 364 g/mol. The summed E-state index contributed by atoms with van der Waals surface area (Å²) in [7, 11) is 0. The van der Waals surface area contributed by atoms with E-state index in [2.05, 4.69) is 25.6 Å². The van der Waals surface area contributed by atoms with Crippen LogP contribution in [-0.2, 0) is 0 Å². The van der Waals surface area contributed by atoms with Gasteiger partial charge in [0.25, 0.3) is 0 Å². The molecule has 8 heteroatoms. The number of rotatable bonds is 3. The van der Waals surface area contributed by atoms with Crippen LogP contribution in [-0.4, -0.2) is 25.6 Å². The van der Waals surface area contributed by atoms with Crippen molar-refractivity contribution in [2.75, 3.05) is 10.6 Å². The summed E-state index contributed by atoms with van der Waals surface area (Å²) in [6.07, 6.45) is 2.97. The molecular formula is C18H13ClN6O. The minimum absolute atomic E-state index is 0.314. The summed E-state index contributed by atoms with van der Waals surface area (Å²) in [5.74, 6) is 0.314. The lowest BCUT2D eigenvalue weighted by molar-refractivity contribution is 0.262. The van der Waals surface area contributed by atoms with Crippen molar-refractivity contribution in [2.24, 2.45) is 0 Å². The van der Waals surface area contributed by atoms with Crippen molar-refractivity contribution in [1.29, 1.82) is 0 Å². The van der Waals surface area contributed by atoms with Crippen LogP contribution in [0.5, 0.6) is 0 Å². The van der Waals surface area contributed by atoms with Crippen molar-refractivity contribution in [1.82, 2.24) is 19.5 Å². The first-order chi connectivity index (χ1) is 12.7. The Morgan fingerprint density at radius 2 is 1.69 bits per heavy atom. The van der Waals surface area contributed by atoms with Gasteiger partial charge in [0.2, 0.25) is 0 Å². The molecule has 0 spiro atoms. The van der Waals surface area contributed by atoms with Crippen LogP contribution in [0.1, 0.15) is 0 Å². The molecule has 0 aliphatic heterocycles. The molecule has 2 amide bonds. The van der Waals surface area contributed by atoms with E-state index in [-0.39, 0.29) is 0 Å². The first-order valence-electron chi connectivity index (χ1n) is 7.78. The van der Waals surface area contributed by atoms with Crippen LogP contribution in [0.25, 0.3) is 16.9 Å². The van der Waals surface area contributed by atoms with Gasteiger partial charge in [0.15, 0.2) is 17.0 Å². The molecule has 0 fully saturated rings. The van der Waals surface area contributed by atoms with Gasteiger partial charge in [0.1, 0.15) is 12.7 Å². The highest BCUT2D eigenvalue weighted by atomic mass is 35.5. The molecule has 0 radical (unpaired) electrons. The smallest absolute Gasteiger partial charge is 0.308 e. The van der Waals surface area contributed by atoms with Crippen LogP contribution in [0.15, 0.2) is 67.3 Å². The summed E-state index contributed by atoms with van der Waals surface area (Å²) in [6, 6.07) is 16.1. The van der Waals surface area contributed by atoms with E-state index in [0.717, 1.165) is 5.69 Å². The van der Waals surface area contributed by atoms with E-state index < -0.39 is 6.03 Å². The molecule has 0 bridgehead atoms. The Bertz CT molecular complexity index is 1080. The van der Waals surface area contributed by atoms with E-state index in [9.17, 15) is 4.79 Å². The van der Waals surface area contributed by atoms with Crippen molar-refractivity contribution < 1.29 is 4.79 Å². The summed E-state index contributed by atoms with van der Waals surface area (Å²) >= 11 is 6.26. The zero-order valence-corrected chi connectivity index (χ0v) is 14.2. The number of urea groups is 1. The molecule has 2 aromatic heterocycles. The molecule has 2 N–H and O–H groups in total. The number of anilines is 2. The van der Waals surface area contributed by atoms with Gasteiger partial charge in [0, 0.05) is 5.69 Å². The van der Waals surface area contributed by atoms with Crippen molar-refractivity contribution >= 4 is 40.3 Å². The molecule has 0 aliphatic rings. The van der Waals surface area contributed by atoms with Gasteiger partial charge in [-0.05, 0) is 24.3 Å². The molecule has 26 heavy (non-hydrogen) atoms. The van der Waals surface area contributed by atoms with Crippen LogP contribution in [0.2, 0.25) is 5.02 Å². The minimum atomic E-state index is -0.413. The molecule has 128 valence electrons. The zero-order valence-electron chi connectivity index (χ0n) is 13.4. The predicted molar refractivity (Wildman–Crippen MR) is 101 cm³/mol. The van der Waals surface area contributed by atoms with E-state index in [1.165, 1.54) is 6.33 Å². The molecule has 2 aromatic carbocycles. The van der Waals surface area contributed by atoms with E-state index in [1.807, 2.05) is 36.4 Å². The van der Waals surface area contributed by atoms with Crippen LogP contribution in [0, 0.1) is 0 Å². The summed E-state index contributed by atoms with van der Waals surface area (Å²) in [4.78, 5) is 24.9. The fraction of sp³-hybridized carbons (Fsp3) is 0. The number of amides is 2. The number of nitrogens with one attached hydrogen (secondary N) is 2. The Hall–Kier alpha value is -3.45.